The van der Waals surface area contributed by atoms with Crippen LogP contribution in [0.15, 0.2) is 23.1 Å². The normalized spacial score (nSPS) is 32.5. The van der Waals surface area contributed by atoms with Gasteiger partial charge in [0.1, 0.15) is 5.75 Å². The molecule has 0 aliphatic carbocycles. The van der Waals surface area contributed by atoms with E-state index >= 15 is 0 Å². The van der Waals surface area contributed by atoms with Gasteiger partial charge in [0, 0.05) is 17.0 Å². The maximum atomic E-state index is 5.85. The Hall–Kier alpha value is -0.710. The lowest BCUT2D eigenvalue weighted by Gasteiger charge is -2.36. The summed E-state index contributed by atoms with van der Waals surface area (Å²) in [6.45, 7) is 4.36. The van der Waals surface area contributed by atoms with Crippen molar-refractivity contribution in [3.05, 3.63) is 23.8 Å². The van der Waals surface area contributed by atoms with Crippen LogP contribution in [-0.4, -0.2) is 31.1 Å². The number of methoxy groups -OCH3 is 1. The molecule has 0 bridgehead atoms. The summed E-state index contributed by atoms with van der Waals surface area (Å²) in [6.07, 6.45) is 4.11. The fourth-order valence-corrected chi connectivity index (χ4v) is 4.60. The number of hydrogen-bond acceptors (Lipinski definition) is 4. The number of ether oxygens (including phenoxy) is 2. The van der Waals surface area contributed by atoms with Gasteiger partial charge >= 0.3 is 0 Å². The van der Waals surface area contributed by atoms with E-state index in [1.165, 1.54) is 22.6 Å². The van der Waals surface area contributed by atoms with Crippen LogP contribution in [0.5, 0.6) is 5.75 Å². The summed E-state index contributed by atoms with van der Waals surface area (Å²) >= 11 is 1.95. The smallest absolute Gasteiger partial charge is 0.119 e. The van der Waals surface area contributed by atoms with Gasteiger partial charge in [-0.1, -0.05) is 0 Å². The first-order valence-electron chi connectivity index (χ1n) is 7.88. The number of nitrogens with one attached hydrogen (secondary N) is 1. The summed E-state index contributed by atoms with van der Waals surface area (Å²) in [6, 6.07) is 7.45. The third-order valence-corrected chi connectivity index (χ3v) is 5.51. The SMILES string of the molecule is COc1ccc2c(c1)[C@H](NC1C[C@@H](C)O[C@@H](C)C1)CCS2. The van der Waals surface area contributed by atoms with Crippen LogP contribution >= 0.6 is 11.8 Å². The third-order valence-electron chi connectivity index (χ3n) is 4.39. The molecule has 1 fully saturated rings. The molecule has 3 nitrogen and oxygen atoms in total. The monoisotopic (exact) mass is 307 g/mol. The predicted molar refractivity (Wildman–Crippen MR) is 87.2 cm³/mol. The zero-order valence-corrected chi connectivity index (χ0v) is 13.9. The van der Waals surface area contributed by atoms with Crippen LogP contribution in [0.25, 0.3) is 0 Å². The van der Waals surface area contributed by atoms with Gasteiger partial charge in [-0.05, 0) is 62.6 Å². The second-order valence-corrected chi connectivity index (χ2v) is 7.32. The van der Waals surface area contributed by atoms with Crippen molar-refractivity contribution in [2.45, 2.75) is 62.3 Å². The first-order chi connectivity index (χ1) is 10.2. The van der Waals surface area contributed by atoms with Gasteiger partial charge in [0.15, 0.2) is 0 Å². The van der Waals surface area contributed by atoms with Crippen LogP contribution < -0.4 is 10.1 Å². The van der Waals surface area contributed by atoms with Gasteiger partial charge in [-0.2, -0.15) is 0 Å². The first kappa shape index (κ1) is 15.2. The molecule has 0 amide bonds. The number of benzene rings is 1. The fourth-order valence-electron chi connectivity index (χ4n) is 3.50. The number of thioether (sulfide) groups is 1. The van der Waals surface area contributed by atoms with Crippen molar-refractivity contribution in [3.63, 3.8) is 0 Å². The van der Waals surface area contributed by atoms with E-state index in [2.05, 4.69) is 37.4 Å². The molecule has 3 rings (SSSR count). The quantitative estimate of drug-likeness (QED) is 0.920. The number of rotatable bonds is 3. The molecule has 2 heterocycles. The second kappa shape index (κ2) is 6.59. The van der Waals surface area contributed by atoms with Crippen LogP contribution in [0.4, 0.5) is 0 Å². The molecule has 4 atom stereocenters. The van der Waals surface area contributed by atoms with Gasteiger partial charge < -0.3 is 14.8 Å². The van der Waals surface area contributed by atoms with Gasteiger partial charge in [0.25, 0.3) is 0 Å². The molecule has 0 saturated carbocycles. The molecule has 0 radical (unpaired) electrons. The summed E-state index contributed by atoms with van der Waals surface area (Å²) in [4.78, 5) is 1.40. The van der Waals surface area contributed by atoms with Crippen LogP contribution in [0, 0.1) is 0 Å². The first-order valence-corrected chi connectivity index (χ1v) is 8.86. The Morgan fingerprint density at radius 1 is 1.24 bits per heavy atom. The molecule has 116 valence electrons. The minimum absolute atomic E-state index is 0.356. The van der Waals surface area contributed by atoms with Crippen molar-refractivity contribution < 1.29 is 9.47 Å². The predicted octanol–water partition coefficient (Wildman–Crippen LogP) is 3.78. The summed E-state index contributed by atoms with van der Waals surface area (Å²) in [5, 5.41) is 3.88. The van der Waals surface area contributed by atoms with Crippen LogP contribution in [0.1, 0.15) is 44.7 Å². The van der Waals surface area contributed by atoms with E-state index in [1.54, 1.807) is 7.11 Å². The highest BCUT2D eigenvalue weighted by Crippen LogP contribution is 2.39. The standard InChI is InChI=1S/C17H25NO2S/c1-11-8-13(9-12(2)20-11)18-16-6-7-21-17-5-4-14(19-3)10-15(16)17/h4-5,10-13,16,18H,6-9H2,1-3H3/t11-,12+,13?,16-/m1/s1. The highest BCUT2D eigenvalue weighted by molar-refractivity contribution is 7.99. The number of fused-ring (bicyclic) bond motifs is 1. The molecule has 2 aliphatic heterocycles. The topological polar surface area (TPSA) is 30.5 Å². The average Bonchev–Trinajstić information content (AvgIpc) is 2.46. The molecular weight excluding hydrogens is 282 g/mol. The van der Waals surface area contributed by atoms with E-state index in [4.69, 9.17) is 9.47 Å². The molecule has 21 heavy (non-hydrogen) atoms. The van der Waals surface area contributed by atoms with E-state index < -0.39 is 0 Å². The Balaban J connectivity index is 1.75. The lowest BCUT2D eigenvalue weighted by atomic mass is 9.96. The van der Waals surface area contributed by atoms with Gasteiger partial charge in [-0.15, -0.1) is 11.8 Å². The Morgan fingerprint density at radius 2 is 2.00 bits per heavy atom. The van der Waals surface area contributed by atoms with Gasteiger partial charge in [0.05, 0.1) is 19.3 Å². The van der Waals surface area contributed by atoms with Crippen molar-refractivity contribution in [1.82, 2.24) is 5.32 Å². The summed E-state index contributed by atoms with van der Waals surface area (Å²) in [7, 11) is 1.74. The lowest BCUT2D eigenvalue weighted by Crippen LogP contribution is -2.43. The molecule has 0 aromatic heterocycles. The molecule has 1 unspecified atom stereocenters. The van der Waals surface area contributed by atoms with Crippen molar-refractivity contribution in [2.75, 3.05) is 12.9 Å². The van der Waals surface area contributed by atoms with E-state index in [1.807, 2.05) is 11.8 Å². The van der Waals surface area contributed by atoms with Crippen molar-refractivity contribution in [3.8, 4) is 5.75 Å². The Labute approximate surface area is 131 Å². The summed E-state index contributed by atoms with van der Waals surface area (Å²) < 4.78 is 11.2. The molecule has 4 heteroatoms. The second-order valence-electron chi connectivity index (χ2n) is 6.19. The summed E-state index contributed by atoms with van der Waals surface area (Å²) in [5.74, 6) is 2.14. The Morgan fingerprint density at radius 3 is 2.71 bits per heavy atom. The maximum absolute atomic E-state index is 5.85. The zero-order chi connectivity index (χ0) is 14.8. The minimum atomic E-state index is 0.356. The van der Waals surface area contributed by atoms with Crippen molar-refractivity contribution in [1.29, 1.82) is 0 Å². The van der Waals surface area contributed by atoms with E-state index in [-0.39, 0.29) is 0 Å². The van der Waals surface area contributed by atoms with Gasteiger partial charge in [-0.3, -0.25) is 0 Å². The van der Waals surface area contributed by atoms with Crippen LogP contribution in [-0.2, 0) is 4.74 Å². The fraction of sp³-hybridized carbons (Fsp3) is 0.647. The number of hydrogen-bond donors (Lipinski definition) is 1. The van der Waals surface area contributed by atoms with E-state index in [9.17, 15) is 0 Å². The molecule has 1 N–H and O–H groups in total. The van der Waals surface area contributed by atoms with Crippen molar-refractivity contribution >= 4 is 11.8 Å². The molecule has 1 saturated heterocycles. The Kier molecular flexibility index (Phi) is 4.77. The minimum Gasteiger partial charge on any atom is -0.497 e. The molecule has 0 spiro atoms. The van der Waals surface area contributed by atoms with Crippen LogP contribution in [0.2, 0.25) is 0 Å². The van der Waals surface area contributed by atoms with E-state index in [0.29, 0.717) is 24.3 Å². The molecule has 1 aromatic carbocycles. The third kappa shape index (κ3) is 3.55. The van der Waals surface area contributed by atoms with E-state index in [0.717, 1.165) is 18.6 Å². The van der Waals surface area contributed by atoms with Gasteiger partial charge in [-0.25, -0.2) is 0 Å². The van der Waals surface area contributed by atoms with Crippen LogP contribution in [0.3, 0.4) is 0 Å². The maximum Gasteiger partial charge on any atom is 0.119 e. The average molecular weight is 307 g/mol. The summed E-state index contributed by atoms with van der Waals surface area (Å²) in [5.41, 5.74) is 1.40. The zero-order valence-electron chi connectivity index (χ0n) is 13.1. The largest absolute Gasteiger partial charge is 0.497 e. The highest BCUT2D eigenvalue weighted by Gasteiger charge is 2.29. The Bertz CT molecular complexity index is 484. The van der Waals surface area contributed by atoms with Crippen molar-refractivity contribution in [2.24, 2.45) is 0 Å². The molecular formula is C17H25NO2S. The highest BCUT2D eigenvalue weighted by atomic mass is 32.2. The molecule has 1 aromatic rings. The van der Waals surface area contributed by atoms with Gasteiger partial charge in [0.2, 0.25) is 0 Å². The molecule has 2 aliphatic rings. The lowest BCUT2D eigenvalue weighted by molar-refractivity contribution is -0.0437.